The third-order valence-corrected chi connectivity index (χ3v) is 3.44. The van der Waals surface area contributed by atoms with Crippen molar-refractivity contribution in [2.45, 2.75) is 39.0 Å². The van der Waals surface area contributed by atoms with Crippen molar-refractivity contribution in [1.82, 2.24) is 5.43 Å². The Labute approximate surface area is 94.6 Å². The van der Waals surface area contributed by atoms with Crippen LogP contribution in [0.1, 0.15) is 47.2 Å². The van der Waals surface area contributed by atoms with E-state index in [0.29, 0.717) is 4.88 Å². The highest BCUT2D eigenvalue weighted by Crippen LogP contribution is 2.18. The highest BCUT2D eigenvalue weighted by atomic mass is 32.1. The van der Waals surface area contributed by atoms with Crippen LogP contribution in [0, 0.1) is 0 Å². The van der Waals surface area contributed by atoms with Gasteiger partial charge in [0.1, 0.15) is 0 Å². The van der Waals surface area contributed by atoms with Gasteiger partial charge in [-0.1, -0.05) is 26.2 Å². The number of rotatable bonds is 6. The van der Waals surface area contributed by atoms with Gasteiger partial charge in [0.05, 0.1) is 4.88 Å². The van der Waals surface area contributed by atoms with Crippen molar-refractivity contribution >= 4 is 17.2 Å². The summed E-state index contributed by atoms with van der Waals surface area (Å²) in [5.74, 6) is 4.87. The molecular formula is C11H18N2OS. The van der Waals surface area contributed by atoms with E-state index >= 15 is 0 Å². The molecule has 3 N–H and O–H groups in total. The monoisotopic (exact) mass is 226 g/mol. The maximum Gasteiger partial charge on any atom is 0.275 e. The van der Waals surface area contributed by atoms with E-state index in [9.17, 15) is 4.79 Å². The minimum atomic E-state index is -0.195. The lowest BCUT2D eigenvalue weighted by atomic mass is 10.1. The number of carbonyl (C=O) groups excluding carboxylic acids is 1. The van der Waals surface area contributed by atoms with Gasteiger partial charge < -0.3 is 0 Å². The van der Waals surface area contributed by atoms with Crippen molar-refractivity contribution in [3.8, 4) is 0 Å². The highest BCUT2D eigenvalue weighted by molar-refractivity contribution is 7.14. The maximum atomic E-state index is 11.2. The first-order chi connectivity index (χ1) is 7.27. The predicted octanol–water partition coefficient (Wildman–Crippen LogP) is 2.47. The van der Waals surface area contributed by atoms with Gasteiger partial charge in [0.25, 0.3) is 5.91 Å². The van der Waals surface area contributed by atoms with Crippen molar-refractivity contribution < 1.29 is 4.79 Å². The first-order valence-corrected chi connectivity index (χ1v) is 6.19. The van der Waals surface area contributed by atoms with Gasteiger partial charge >= 0.3 is 0 Å². The van der Waals surface area contributed by atoms with Gasteiger partial charge in [-0.3, -0.25) is 10.2 Å². The van der Waals surface area contributed by atoms with E-state index in [0.717, 1.165) is 6.42 Å². The summed E-state index contributed by atoms with van der Waals surface area (Å²) in [6, 6.07) is 3.85. The lowest BCUT2D eigenvalue weighted by molar-refractivity contribution is 0.0957. The molecule has 84 valence electrons. The van der Waals surface area contributed by atoms with E-state index in [1.807, 2.05) is 12.1 Å². The minimum Gasteiger partial charge on any atom is -0.289 e. The van der Waals surface area contributed by atoms with E-state index in [-0.39, 0.29) is 5.91 Å². The van der Waals surface area contributed by atoms with Crippen molar-refractivity contribution in [3.63, 3.8) is 0 Å². The average Bonchev–Trinajstić information content (AvgIpc) is 2.72. The Balaban J connectivity index is 2.36. The van der Waals surface area contributed by atoms with Gasteiger partial charge in [-0.15, -0.1) is 11.3 Å². The fraction of sp³-hybridized carbons (Fsp3) is 0.545. The Hall–Kier alpha value is -0.870. The largest absolute Gasteiger partial charge is 0.289 e. The van der Waals surface area contributed by atoms with Crippen LogP contribution in [0.25, 0.3) is 0 Å². The SMILES string of the molecule is CCCCCCc1ccc(C(=O)NN)s1. The summed E-state index contributed by atoms with van der Waals surface area (Å²) >= 11 is 1.53. The molecule has 0 aliphatic heterocycles. The van der Waals surface area contributed by atoms with E-state index in [1.54, 1.807) is 0 Å². The number of hydrogen-bond donors (Lipinski definition) is 2. The molecule has 0 saturated carbocycles. The van der Waals surface area contributed by atoms with Gasteiger partial charge in [0.15, 0.2) is 0 Å². The number of hydrazine groups is 1. The fourth-order valence-electron chi connectivity index (χ4n) is 1.43. The van der Waals surface area contributed by atoms with Crippen LogP contribution in [0.3, 0.4) is 0 Å². The third kappa shape index (κ3) is 4.01. The topological polar surface area (TPSA) is 55.1 Å². The van der Waals surface area contributed by atoms with E-state index in [4.69, 9.17) is 5.84 Å². The molecular weight excluding hydrogens is 208 g/mol. The molecule has 0 fully saturated rings. The van der Waals surface area contributed by atoms with Gasteiger partial charge in [0.2, 0.25) is 0 Å². The molecule has 0 aliphatic rings. The van der Waals surface area contributed by atoms with Gasteiger partial charge in [-0.2, -0.15) is 0 Å². The van der Waals surface area contributed by atoms with Crippen LogP contribution in [0.2, 0.25) is 0 Å². The second kappa shape index (κ2) is 6.58. The maximum absolute atomic E-state index is 11.2. The molecule has 0 bridgehead atoms. The highest BCUT2D eigenvalue weighted by Gasteiger charge is 2.06. The molecule has 0 atom stereocenters. The Kier molecular flexibility index (Phi) is 5.36. The number of amides is 1. The lowest BCUT2D eigenvalue weighted by Crippen LogP contribution is -2.29. The first-order valence-electron chi connectivity index (χ1n) is 5.37. The Morgan fingerprint density at radius 1 is 1.40 bits per heavy atom. The summed E-state index contributed by atoms with van der Waals surface area (Å²) in [4.78, 5) is 13.1. The van der Waals surface area contributed by atoms with Crippen LogP contribution in [0.5, 0.6) is 0 Å². The van der Waals surface area contributed by atoms with Crippen LogP contribution >= 0.6 is 11.3 Å². The minimum absolute atomic E-state index is 0.195. The van der Waals surface area contributed by atoms with Crippen molar-refractivity contribution in [2.75, 3.05) is 0 Å². The summed E-state index contributed by atoms with van der Waals surface area (Å²) in [6.45, 7) is 2.20. The zero-order valence-electron chi connectivity index (χ0n) is 9.08. The number of nitrogens with two attached hydrogens (primary N) is 1. The smallest absolute Gasteiger partial charge is 0.275 e. The molecule has 1 aromatic heterocycles. The summed E-state index contributed by atoms with van der Waals surface area (Å²) < 4.78 is 0. The van der Waals surface area contributed by atoms with Crippen LogP contribution in [0.4, 0.5) is 0 Å². The molecule has 15 heavy (non-hydrogen) atoms. The van der Waals surface area contributed by atoms with E-state index < -0.39 is 0 Å². The summed E-state index contributed by atoms with van der Waals surface area (Å²) in [6.07, 6.45) is 6.10. The molecule has 0 unspecified atom stereocenters. The first kappa shape index (κ1) is 12.2. The van der Waals surface area contributed by atoms with Gasteiger partial charge in [-0.05, 0) is 25.0 Å². The van der Waals surface area contributed by atoms with Crippen LogP contribution in [-0.4, -0.2) is 5.91 Å². The standard InChI is InChI=1S/C11H18N2OS/c1-2-3-4-5-6-9-7-8-10(15-9)11(14)13-12/h7-8H,2-6,12H2,1H3,(H,13,14). The lowest BCUT2D eigenvalue weighted by Gasteiger charge is -1.97. The van der Waals surface area contributed by atoms with Crippen molar-refractivity contribution in [2.24, 2.45) is 5.84 Å². The normalized spacial score (nSPS) is 10.3. The molecule has 0 spiro atoms. The number of hydrogen-bond acceptors (Lipinski definition) is 3. The molecule has 0 radical (unpaired) electrons. The summed E-state index contributed by atoms with van der Waals surface area (Å²) in [5, 5.41) is 0. The van der Waals surface area contributed by atoms with Crippen LogP contribution in [0.15, 0.2) is 12.1 Å². The quantitative estimate of drug-likeness (QED) is 0.339. The number of aryl methyl sites for hydroxylation is 1. The Morgan fingerprint density at radius 2 is 2.20 bits per heavy atom. The van der Waals surface area contributed by atoms with Crippen molar-refractivity contribution in [1.29, 1.82) is 0 Å². The summed E-state index contributed by atoms with van der Waals surface area (Å²) in [5.41, 5.74) is 2.14. The Morgan fingerprint density at radius 3 is 2.87 bits per heavy atom. The molecule has 1 heterocycles. The van der Waals surface area contributed by atoms with Crippen LogP contribution in [-0.2, 0) is 6.42 Å². The molecule has 0 aliphatic carbocycles. The summed E-state index contributed by atoms with van der Waals surface area (Å²) in [7, 11) is 0. The Bertz CT molecular complexity index is 309. The average molecular weight is 226 g/mol. The zero-order valence-corrected chi connectivity index (χ0v) is 9.90. The van der Waals surface area contributed by atoms with Gasteiger partial charge in [-0.25, -0.2) is 5.84 Å². The number of unbranched alkanes of at least 4 members (excludes halogenated alkanes) is 3. The zero-order chi connectivity index (χ0) is 11.1. The molecule has 3 nitrogen and oxygen atoms in total. The number of nitrogen functional groups attached to an aromatic ring is 1. The molecule has 1 amide bonds. The number of thiophene rings is 1. The van der Waals surface area contributed by atoms with Gasteiger partial charge in [0, 0.05) is 4.88 Å². The second-order valence-electron chi connectivity index (χ2n) is 3.55. The van der Waals surface area contributed by atoms with E-state index in [2.05, 4.69) is 12.3 Å². The second-order valence-corrected chi connectivity index (χ2v) is 4.72. The number of nitrogens with one attached hydrogen (secondary N) is 1. The molecule has 1 rings (SSSR count). The van der Waals surface area contributed by atoms with E-state index in [1.165, 1.54) is 41.9 Å². The third-order valence-electron chi connectivity index (χ3n) is 2.29. The number of carbonyl (C=O) groups is 1. The fourth-order valence-corrected chi connectivity index (χ4v) is 2.38. The predicted molar refractivity (Wildman–Crippen MR) is 63.8 cm³/mol. The molecule has 1 aromatic rings. The molecule has 0 aromatic carbocycles. The van der Waals surface area contributed by atoms with Crippen molar-refractivity contribution in [3.05, 3.63) is 21.9 Å². The molecule has 4 heteroatoms. The molecule has 0 saturated heterocycles. The van der Waals surface area contributed by atoms with Crippen LogP contribution < -0.4 is 11.3 Å².